The molecule has 0 radical (unpaired) electrons. The van der Waals surface area contributed by atoms with E-state index in [1.54, 1.807) is 6.07 Å². The van der Waals surface area contributed by atoms with Gasteiger partial charge in [0.25, 0.3) is 0 Å². The van der Waals surface area contributed by atoms with Crippen LogP contribution in [0.1, 0.15) is 24.8 Å². The van der Waals surface area contributed by atoms with Crippen molar-refractivity contribution in [1.82, 2.24) is 4.90 Å². The summed E-state index contributed by atoms with van der Waals surface area (Å²) < 4.78 is 0. The van der Waals surface area contributed by atoms with Crippen molar-refractivity contribution in [3.8, 4) is 0 Å². The van der Waals surface area contributed by atoms with Gasteiger partial charge in [0, 0.05) is 19.5 Å². The van der Waals surface area contributed by atoms with Crippen LogP contribution in [0.15, 0.2) is 18.2 Å². The number of hydrogen-bond donors (Lipinski definition) is 1. The van der Waals surface area contributed by atoms with E-state index in [0.717, 1.165) is 24.9 Å². The van der Waals surface area contributed by atoms with Crippen LogP contribution in [-0.4, -0.2) is 17.4 Å². The van der Waals surface area contributed by atoms with Crippen molar-refractivity contribution in [1.29, 1.82) is 0 Å². The maximum absolute atomic E-state index is 11.6. The van der Waals surface area contributed by atoms with Gasteiger partial charge in [-0.3, -0.25) is 4.79 Å². The Hall–Kier alpha value is -1.22. The smallest absolute Gasteiger partial charge is 0.222 e. The highest BCUT2D eigenvalue weighted by atomic mass is 35.5. The quantitative estimate of drug-likeness (QED) is 0.805. The van der Waals surface area contributed by atoms with Crippen LogP contribution >= 0.6 is 11.6 Å². The second-order valence-electron chi connectivity index (χ2n) is 4.13. The van der Waals surface area contributed by atoms with E-state index in [1.807, 2.05) is 17.0 Å². The number of amides is 1. The third-order valence-corrected chi connectivity index (χ3v) is 3.20. The van der Waals surface area contributed by atoms with Crippen molar-refractivity contribution in [3.63, 3.8) is 0 Å². The number of likely N-dealkylation sites (tertiary alicyclic amines) is 1. The van der Waals surface area contributed by atoms with E-state index >= 15 is 0 Å². The van der Waals surface area contributed by atoms with Crippen LogP contribution in [-0.2, 0) is 11.3 Å². The molecule has 3 nitrogen and oxygen atoms in total. The van der Waals surface area contributed by atoms with Gasteiger partial charge in [-0.05, 0) is 30.5 Å². The second-order valence-corrected chi connectivity index (χ2v) is 4.54. The first-order valence-corrected chi connectivity index (χ1v) is 5.86. The molecule has 0 aromatic heterocycles. The molecule has 16 heavy (non-hydrogen) atoms. The van der Waals surface area contributed by atoms with E-state index in [1.165, 1.54) is 0 Å². The molecule has 0 saturated carbocycles. The van der Waals surface area contributed by atoms with Gasteiger partial charge in [-0.25, -0.2) is 0 Å². The molecule has 1 amide bonds. The number of nitrogens with two attached hydrogens (primary N) is 1. The normalized spacial score (nSPS) is 16.6. The number of nitrogens with zero attached hydrogens (tertiary/aromatic N) is 1. The number of benzene rings is 1. The predicted molar refractivity (Wildman–Crippen MR) is 65.1 cm³/mol. The predicted octanol–water partition coefficient (Wildman–Crippen LogP) is 2.43. The molecular weight excluding hydrogens is 224 g/mol. The highest BCUT2D eigenvalue weighted by Gasteiger charge is 2.17. The van der Waals surface area contributed by atoms with E-state index in [-0.39, 0.29) is 5.91 Å². The van der Waals surface area contributed by atoms with Gasteiger partial charge in [0.1, 0.15) is 0 Å². The van der Waals surface area contributed by atoms with Gasteiger partial charge < -0.3 is 10.6 Å². The molecule has 1 aliphatic heterocycles. The summed E-state index contributed by atoms with van der Waals surface area (Å²) >= 11 is 5.85. The Labute approximate surface area is 100 Å². The Bertz CT molecular complexity index is 406. The Morgan fingerprint density at radius 3 is 2.88 bits per heavy atom. The molecule has 1 aliphatic rings. The van der Waals surface area contributed by atoms with Crippen molar-refractivity contribution in [2.45, 2.75) is 25.8 Å². The van der Waals surface area contributed by atoms with Crippen LogP contribution in [0.4, 0.5) is 5.69 Å². The number of carbonyl (C=O) groups excluding carboxylic acids is 1. The second kappa shape index (κ2) is 4.74. The van der Waals surface area contributed by atoms with Crippen LogP contribution in [0, 0.1) is 0 Å². The summed E-state index contributed by atoms with van der Waals surface area (Å²) in [6.07, 6.45) is 2.77. The molecule has 0 atom stereocenters. The van der Waals surface area contributed by atoms with Crippen LogP contribution in [0.25, 0.3) is 0 Å². The van der Waals surface area contributed by atoms with Crippen molar-refractivity contribution >= 4 is 23.2 Å². The molecule has 2 N–H and O–H groups in total. The van der Waals surface area contributed by atoms with Crippen molar-refractivity contribution < 1.29 is 4.79 Å². The molecule has 1 saturated heterocycles. The third-order valence-electron chi connectivity index (χ3n) is 2.86. The first kappa shape index (κ1) is 11.3. The zero-order valence-corrected chi connectivity index (χ0v) is 9.83. The molecule has 0 spiro atoms. The summed E-state index contributed by atoms with van der Waals surface area (Å²) in [6.45, 7) is 1.49. The summed E-state index contributed by atoms with van der Waals surface area (Å²) in [5, 5.41) is 0.564. The minimum absolute atomic E-state index is 0.236. The van der Waals surface area contributed by atoms with Gasteiger partial charge in [-0.2, -0.15) is 0 Å². The summed E-state index contributed by atoms with van der Waals surface area (Å²) in [5.74, 6) is 0.236. The molecule has 86 valence electrons. The lowest BCUT2D eigenvalue weighted by Gasteiger charge is -2.26. The van der Waals surface area contributed by atoms with Gasteiger partial charge in [-0.1, -0.05) is 17.7 Å². The molecule has 0 bridgehead atoms. The zero-order valence-electron chi connectivity index (χ0n) is 9.08. The molecule has 1 aromatic carbocycles. The number of rotatable bonds is 2. The minimum atomic E-state index is 0.236. The molecule has 1 aromatic rings. The Morgan fingerprint density at radius 1 is 1.38 bits per heavy atom. The van der Waals surface area contributed by atoms with Crippen LogP contribution < -0.4 is 5.73 Å². The summed E-state index contributed by atoms with van der Waals surface area (Å²) in [6, 6.07) is 5.53. The summed E-state index contributed by atoms with van der Waals surface area (Å²) in [5.41, 5.74) is 7.34. The first-order chi connectivity index (χ1) is 7.66. The van der Waals surface area contributed by atoms with Crippen LogP contribution in [0.3, 0.4) is 0 Å². The lowest BCUT2D eigenvalue weighted by molar-refractivity contribution is -0.133. The average molecular weight is 239 g/mol. The summed E-state index contributed by atoms with van der Waals surface area (Å²) in [7, 11) is 0. The zero-order chi connectivity index (χ0) is 11.5. The Morgan fingerprint density at radius 2 is 2.19 bits per heavy atom. The van der Waals surface area contributed by atoms with Gasteiger partial charge in [0.2, 0.25) is 5.91 Å². The highest BCUT2D eigenvalue weighted by molar-refractivity contribution is 6.33. The maximum Gasteiger partial charge on any atom is 0.222 e. The SMILES string of the molecule is Nc1cc(CN2CCCCC2=O)ccc1Cl. The van der Waals surface area contributed by atoms with Crippen molar-refractivity contribution in [2.75, 3.05) is 12.3 Å². The molecular formula is C12H15ClN2O. The number of hydrogen-bond acceptors (Lipinski definition) is 2. The average Bonchev–Trinajstić information content (AvgIpc) is 2.27. The van der Waals surface area contributed by atoms with E-state index < -0.39 is 0 Å². The van der Waals surface area contributed by atoms with Gasteiger partial charge >= 0.3 is 0 Å². The van der Waals surface area contributed by atoms with Crippen molar-refractivity contribution in [2.24, 2.45) is 0 Å². The Balaban J connectivity index is 2.08. The number of nitrogen functional groups attached to an aromatic ring is 1. The monoisotopic (exact) mass is 238 g/mol. The van der Waals surface area contributed by atoms with E-state index in [0.29, 0.717) is 23.7 Å². The topological polar surface area (TPSA) is 46.3 Å². The number of anilines is 1. The number of piperidine rings is 1. The number of carbonyl (C=O) groups is 1. The van der Waals surface area contributed by atoms with E-state index in [9.17, 15) is 4.79 Å². The van der Waals surface area contributed by atoms with Crippen LogP contribution in [0.5, 0.6) is 0 Å². The fraction of sp³-hybridized carbons (Fsp3) is 0.417. The van der Waals surface area contributed by atoms with E-state index in [4.69, 9.17) is 17.3 Å². The molecule has 0 aliphatic carbocycles. The first-order valence-electron chi connectivity index (χ1n) is 5.48. The fourth-order valence-electron chi connectivity index (χ4n) is 1.94. The molecule has 4 heteroatoms. The third kappa shape index (κ3) is 2.47. The van der Waals surface area contributed by atoms with E-state index in [2.05, 4.69) is 0 Å². The van der Waals surface area contributed by atoms with Gasteiger partial charge in [0.05, 0.1) is 10.7 Å². The highest BCUT2D eigenvalue weighted by Crippen LogP contribution is 2.21. The minimum Gasteiger partial charge on any atom is -0.398 e. The lowest BCUT2D eigenvalue weighted by Crippen LogP contribution is -2.34. The standard InChI is InChI=1S/C12H15ClN2O/c13-10-5-4-9(7-11(10)14)8-15-6-2-1-3-12(15)16/h4-5,7H,1-3,6,8,14H2. The number of halogens is 1. The van der Waals surface area contributed by atoms with Gasteiger partial charge in [0.15, 0.2) is 0 Å². The molecule has 2 rings (SSSR count). The van der Waals surface area contributed by atoms with Crippen molar-refractivity contribution in [3.05, 3.63) is 28.8 Å². The summed E-state index contributed by atoms with van der Waals surface area (Å²) in [4.78, 5) is 13.5. The largest absolute Gasteiger partial charge is 0.398 e. The van der Waals surface area contributed by atoms with Gasteiger partial charge in [-0.15, -0.1) is 0 Å². The Kier molecular flexibility index (Phi) is 3.34. The molecule has 1 heterocycles. The molecule has 1 fully saturated rings. The fourth-order valence-corrected chi connectivity index (χ4v) is 2.06. The lowest BCUT2D eigenvalue weighted by atomic mass is 10.1. The maximum atomic E-state index is 11.6. The molecule has 0 unspecified atom stereocenters. The van der Waals surface area contributed by atoms with Crippen LogP contribution in [0.2, 0.25) is 5.02 Å².